The Bertz CT molecular complexity index is 425. The minimum Gasteiger partial charge on any atom is -0.301 e. The van der Waals surface area contributed by atoms with Gasteiger partial charge in [-0.1, -0.05) is 18.2 Å². The average molecular weight is 196 g/mol. The van der Waals surface area contributed by atoms with Crippen molar-refractivity contribution in [2.24, 2.45) is 4.99 Å². The zero-order valence-electron chi connectivity index (χ0n) is 8.35. The third-order valence-corrected chi connectivity index (χ3v) is 2.09. The molecule has 0 atom stereocenters. The van der Waals surface area contributed by atoms with Gasteiger partial charge in [0.25, 0.3) is 0 Å². The monoisotopic (exact) mass is 196 g/mol. The van der Waals surface area contributed by atoms with E-state index in [1.165, 1.54) is 0 Å². The summed E-state index contributed by atoms with van der Waals surface area (Å²) in [6.45, 7) is 0. The summed E-state index contributed by atoms with van der Waals surface area (Å²) < 4.78 is 0. The van der Waals surface area contributed by atoms with Crippen LogP contribution in [0.5, 0.6) is 0 Å². The van der Waals surface area contributed by atoms with Gasteiger partial charge in [-0.3, -0.25) is 0 Å². The number of hydrogen-bond acceptors (Lipinski definition) is 2. The maximum absolute atomic E-state index is 7.36. The van der Waals surface area contributed by atoms with Gasteiger partial charge in [0.2, 0.25) is 0 Å². The molecular weight excluding hydrogens is 184 g/mol. The Morgan fingerprint density at radius 3 is 2.60 bits per heavy atom. The lowest BCUT2D eigenvalue weighted by Crippen LogP contribution is -1.98. The first-order valence-corrected chi connectivity index (χ1v) is 4.91. The lowest BCUT2D eigenvalue weighted by Gasteiger charge is -2.00. The van der Waals surface area contributed by atoms with Gasteiger partial charge < -0.3 is 5.41 Å². The Balaban J connectivity index is 2.20. The Morgan fingerprint density at radius 2 is 1.80 bits per heavy atom. The second-order valence-corrected chi connectivity index (χ2v) is 3.32. The molecule has 0 aliphatic heterocycles. The Labute approximate surface area is 89.2 Å². The SMILES string of the molecule is N=C1C=CC(=NC2=CC=CCC=C2)C=C1. The Kier molecular flexibility index (Phi) is 2.88. The van der Waals surface area contributed by atoms with E-state index in [9.17, 15) is 0 Å². The van der Waals surface area contributed by atoms with Crippen LogP contribution in [0.3, 0.4) is 0 Å². The first-order chi connectivity index (χ1) is 7.34. The van der Waals surface area contributed by atoms with E-state index in [-0.39, 0.29) is 0 Å². The summed E-state index contributed by atoms with van der Waals surface area (Å²) in [5.74, 6) is 0. The number of hydrogen-bond donors (Lipinski definition) is 1. The Morgan fingerprint density at radius 1 is 1.00 bits per heavy atom. The molecule has 0 unspecified atom stereocenters. The van der Waals surface area contributed by atoms with Gasteiger partial charge in [-0.15, -0.1) is 0 Å². The molecule has 0 amide bonds. The van der Waals surface area contributed by atoms with Gasteiger partial charge in [0, 0.05) is 0 Å². The quantitative estimate of drug-likeness (QED) is 0.626. The van der Waals surface area contributed by atoms with Gasteiger partial charge in [-0.25, -0.2) is 4.99 Å². The molecule has 0 spiro atoms. The molecular formula is C13H12N2. The molecule has 0 radical (unpaired) electrons. The van der Waals surface area contributed by atoms with Gasteiger partial charge in [-0.05, 0) is 42.9 Å². The summed E-state index contributed by atoms with van der Waals surface area (Å²) in [6.07, 6.45) is 18.3. The third kappa shape index (κ3) is 2.74. The van der Waals surface area contributed by atoms with Crippen molar-refractivity contribution in [1.82, 2.24) is 0 Å². The van der Waals surface area contributed by atoms with E-state index in [4.69, 9.17) is 5.41 Å². The maximum atomic E-state index is 7.36. The van der Waals surface area contributed by atoms with Crippen LogP contribution in [0.1, 0.15) is 6.42 Å². The van der Waals surface area contributed by atoms with Crippen LogP contribution < -0.4 is 0 Å². The highest BCUT2D eigenvalue weighted by Crippen LogP contribution is 2.08. The van der Waals surface area contributed by atoms with Crippen LogP contribution in [0.15, 0.2) is 65.4 Å². The van der Waals surface area contributed by atoms with Crippen molar-refractivity contribution in [3.8, 4) is 0 Å². The molecule has 15 heavy (non-hydrogen) atoms. The standard InChI is InChI=1S/C13H12N2/c14-11-7-9-13(10-8-11)15-12-5-3-1-2-4-6-12/h1,3-10,14H,2H2. The van der Waals surface area contributed by atoms with Gasteiger partial charge >= 0.3 is 0 Å². The van der Waals surface area contributed by atoms with Crippen molar-refractivity contribution < 1.29 is 0 Å². The van der Waals surface area contributed by atoms with Gasteiger partial charge in [-0.2, -0.15) is 0 Å². The molecule has 2 aliphatic rings. The summed E-state index contributed by atoms with van der Waals surface area (Å²) in [5, 5.41) is 7.36. The van der Waals surface area contributed by atoms with E-state index in [0.29, 0.717) is 5.71 Å². The molecule has 0 aromatic carbocycles. The van der Waals surface area contributed by atoms with Crippen LogP contribution in [0.2, 0.25) is 0 Å². The topological polar surface area (TPSA) is 36.2 Å². The normalized spacial score (nSPS) is 19.1. The summed E-state index contributed by atoms with van der Waals surface area (Å²) in [4.78, 5) is 4.46. The summed E-state index contributed by atoms with van der Waals surface area (Å²) in [5.41, 5.74) is 2.35. The molecule has 0 aromatic heterocycles. The predicted octanol–water partition coefficient (Wildman–Crippen LogP) is 2.97. The summed E-state index contributed by atoms with van der Waals surface area (Å²) >= 11 is 0. The van der Waals surface area contributed by atoms with Crippen molar-refractivity contribution in [2.45, 2.75) is 6.42 Å². The molecule has 74 valence electrons. The van der Waals surface area contributed by atoms with Crippen molar-refractivity contribution in [2.75, 3.05) is 0 Å². The fraction of sp³-hybridized carbons (Fsp3) is 0.0769. The van der Waals surface area contributed by atoms with Crippen LogP contribution >= 0.6 is 0 Å². The van der Waals surface area contributed by atoms with Gasteiger partial charge in [0.1, 0.15) is 0 Å². The van der Waals surface area contributed by atoms with Crippen LogP contribution in [0.25, 0.3) is 0 Å². The predicted molar refractivity (Wildman–Crippen MR) is 64.4 cm³/mol. The molecule has 2 nitrogen and oxygen atoms in total. The van der Waals surface area contributed by atoms with E-state index in [2.05, 4.69) is 17.1 Å². The molecule has 2 rings (SSSR count). The third-order valence-electron chi connectivity index (χ3n) is 2.09. The van der Waals surface area contributed by atoms with Gasteiger partial charge in [0.05, 0.1) is 17.1 Å². The zero-order valence-corrected chi connectivity index (χ0v) is 8.35. The Hall–Kier alpha value is -1.96. The molecule has 1 N–H and O–H groups in total. The molecule has 0 saturated heterocycles. The van der Waals surface area contributed by atoms with E-state index < -0.39 is 0 Å². The first-order valence-electron chi connectivity index (χ1n) is 4.91. The lowest BCUT2D eigenvalue weighted by atomic mass is 10.1. The summed E-state index contributed by atoms with van der Waals surface area (Å²) in [7, 11) is 0. The second-order valence-electron chi connectivity index (χ2n) is 3.32. The highest BCUT2D eigenvalue weighted by atomic mass is 14.7. The molecule has 0 saturated carbocycles. The summed E-state index contributed by atoms with van der Waals surface area (Å²) in [6, 6.07) is 0. The van der Waals surface area contributed by atoms with Crippen LogP contribution in [-0.2, 0) is 0 Å². The van der Waals surface area contributed by atoms with Crippen molar-refractivity contribution >= 4 is 11.4 Å². The number of rotatable bonds is 1. The van der Waals surface area contributed by atoms with Crippen molar-refractivity contribution in [3.63, 3.8) is 0 Å². The number of nitrogens with zero attached hydrogens (tertiary/aromatic N) is 1. The van der Waals surface area contributed by atoms with E-state index in [0.717, 1.165) is 17.8 Å². The van der Waals surface area contributed by atoms with Crippen molar-refractivity contribution in [3.05, 3.63) is 60.4 Å². The molecule has 0 bridgehead atoms. The molecule has 0 heterocycles. The fourth-order valence-corrected chi connectivity index (χ4v) is 1.33. The fourth-order valence-electron chi connectivity index (χ4n) is 1.33. The average Bonchev–Trinajstić information content (AvgIpc) is 2.50. The zero-order chi connectivity index (χ0) is 10.5. The van der Waals surface area contributed by atoms with Gasteiger partial charge in [0.15, 0.2) is 0 Å². The van der Waals surface area contributed by atoms with Crippen molar-refractivity contribution in [1.29, 1.82) is 5.41 Å². The van der Waals surface area contributed by atoms with E-state index >= 15 is 0 Å². The number of aliphatic imine (C=N–C) groups is 1. The number of allylic oxidation sites excluding steroid dienone is 9. The highest BCUT2D eigenvalue weighted by molar-refractivity contribution is 6.17. The number of nitrogens with one attached hydrogen (secondary N) is 1. The highest BCUT2D eigenvalue weighted by Gasteiger charge is 1.97. The van der Waals surface area contributed by atoms with Crippen LogP contribution in [0.4, 0.5) is 0 Å². The molecule has 2 heteroatoms. The van der Waals surface area contributed by atoms with E-state index in [1.54, 1.807) is 12.2 Å². The molecule has 2 aliphatic carbocycles. The lowest BCUT2D eigenvalue weighted by molar-refractivity contribution is 1.37. The largest absolute Gasteiger partial charge is 0.301 e. The maximum Gasteiger partial charge on any atom is 0.0638 e. The minimum atomic E-state index is 0.513. The van der Waals surface area contributed by atoms with E-state index in [1.807, 2.05) is 30.4 Å². The minimum absolute atomic E-state index is 0.513. The first kappa shape index (κ1) is 9.59. The second kappa shape index (κ2) is 4.51. The molecule has 0 aromatic rings. The van der Waals surface area contributed by atoms with Crippen LogP contribution in [-0.4, -0.2) is 11.4 Å². The molecule has 0 fully saturated rings. The van der Waals surface area contributed by atoms with Crippen LogP contribution in [0, 0.1) is 5.41 Å². The smallest absolute Gasteiger partial charge is 0.0638 e.